The van der Waals surface area contributed by atoms with Gasteiger partial charge in [-0.1, -0.05) is 18.2 Å². The quantitative estimate of drug-likeness (QED) is 0.905. The SMILES string of the molecule is NCCC1CN(CCc2ccsc2)c2ccccc21. The Hall–Kier alpha value is -1.32. The minimum Gasteiger partial charge on any atom is -0.370 e. The number of fused-ring (bicyclic) bond motifs is 1. The van der Waals surface area contributed by atoms with Crippen LogP contribution in [-0.2, 0) is 6.42 Å². The Bertz CT molecular complexity index is 521. The predicted molar refractivity (Wildman–Crippen MR) is 83.1 cm³/mol. The van der Waals surface area contributed by atoms with E-state index in [1.807, 2.05) is 0 Å². The zero-order valence-electron chi connectivity index (χ0n) is 11.1. The van der Waals surface area contributed by atoms with Crippen LogP contribution in [0.5, 0.6) is 0 Å². The highest BCUT2D eigenvalue weighted by Gasteiger charge is 2.27. The Balaban J connectivity index is 1.73. The highest BCUT2D eigenvalue weighted by Crippen LogP contribution is 2.37. The Morgan fingerprint density at radius 3 is 2.95 bits per heavy atom. The summed E-state index contributed by atoms with van der Waals surface area (Å²) in [4.78, 5) is 2.52. The molecule has 0 radical (unpaired) electrons. The van der Waals surface area contributed by atoms with Crippen LogP contribution in [0.1, 0.15) is 23.5 Å². The minimum atomic E-state index is 0.615. The van der Waals surface area contributed by atoms with Crippen LogP contribution in [-0.4, -0.2) is 19.6 Å². The van der Waals surface area contributed by atoms with Crippen LogP contribution >= 0.6 is 11.3 Å². The Labute approximate surface area is 118 Å². The average molecular weight is 272 g/mol. The van der Waals surface area contributed by atoms with Gasteiger partial charge in [-0.05, 0) is 53.4 Å². The van der Waals surface area contributed by atoms with Gasteiger partial charge in [-0.2, -0.15) is 11.3 Å². The second-order valence-electron chi connectivity index (χ2n) is 5.16. The van der Waals surface area contributed by atoms with Gasteiger partial charge in [0.1, 0.15) is 0 Å². The number of nitrogens with zero attached hydrogens (tertiary/aromatic N) is 1. The van der Waals surface area contributed by atoms with Crippen molar-refractivity contribution in [2.75, 3.05) is 24.5 Å². The smallest absolute Gasteiger partial charge is 0.0402 e. The lowest BCUT2D eigenvalue weighted by atomic mass is 9.98. The predicted octanol–water partition coefficient (Wildman–Crippen LogP) is 3.24. The molecule has 2 aromatic rings. The molecule has 0 amide bonds. The summed E-state index contributed by atoms with van der Waals surface area (Å²) in [6, 6.07) is 11.0. The zero-order chi connectivity index (χ0) is 13.1. The van der Waals surface area contributed by atoms with Crippen molar-refractivity contribution in [3.63, 3.8) is 0 Å². The largest absolute Gasteiger partial charge is 0.370 e. The highest BCUT2D eigenvalue weighted by atomic mass is 32.1. The molecule has 2 heterocycles. The minimum absolute atomic E-state index is 0.615. The summed E-state index contributed by atoms with van der Waals surface area (Å²) < 4.78 is 0. The molecule has 1 aromatic carbocycles. The zero-order valence-corrected chi connectivity index (χ0v) is 11.9. The molecule has 0 spiro atoms. The standard InChI is InChI=1S/C16H20N2S/c17-8-5-14-11-18(9-6-13-7-10-19-12-13)16-4-2-1-3-15(14)16/h1-4,7,10,12,14H,5-6,8-9,11,17H2. The third-order valence-electron chi connectivity index (χ3n) is 3.92. The van der Waals surface area contributed by atoms with Crippen LogP contribution in [0.25, 0.3) is 0 Å². The normalized spacial score (nSPS) is 17.7. The Morgan fingerprint density at radius 1 is 1.26 bits per heavy atom. The first-order valence-corrected chi connectivity index (χ1v) is 7.88. The van der Waals surface area contributed by atoms with Crippen LogP contribution in [0.4, 0.5) is 5.69 Å². The summed E-state index contributed by atoms with van der Waals surface area (Å²) in [6.07, 6.45) is 2.22. The lowest BCUT2D eigenvalue weighted by Gasteiger charge is -2.19. The lowest BCUT2D eigenvalue weighted by molar-refractivity contribution is 0.644. The van der Waals surface area contributed by atoms with E-state index in [-0.39, 0.29) is 0 Å². The maximum atomic E-state index is 5.74. The van der Waals surface area contributed by atoms with E-state index in [0.29, 0.717) is 5.92 Å². The van der Waals surface area contributed by atoms with Crippen LogP contribution < -0.4 is 10.6 Å². The number of hydrogen-bond acceptors (Lipinski definition) is 3. The highest BCUT2D eigenvalue weighted by molar-refractivity contribution is 7.07. The fourth-order valence-electron chi connectivity index (χ4n) is 2.94. The maximum absolute atomic E-state index is 5.74. The van der Waals surface area contributed by atoms with Crippen molar-refractivity contribution in [2.45, 2.75) is 18.8 Å². The summed E-state index contributed by atoms with van der Waals surface area (Å²) in [7, 11) is 0. The molecule has 0 saturated carbocycles. The fraction of sp³-hybridized carbons (Fsp3) is 0.375. The Morgan fingerprint density at radius 2 is 2.16 bits per heavy atom. The van der Waals surface area contributed by atoms with Crippen molar-refractivity contribution in [3.8, 4) is 0 Å². The monoisotopic (exact) mass is 272 g/mol. The molecular weight excluding hydrogens is 252 g/mol. The molecule has 3 rings (SSSR count). The van der Waals surface area contributed by atoms with Gasteiger partial charge in [-0.25, -0.2) is 0 Å². The molecule has 2 nitrogen and oxygen atoms in total. The lowest BCUT2D eigenvalue weighted by Crippen LogP contribution is -2.25. The number of thiophene rings is 1. The van der Waals surface area contributed by atoms with Gasteiger partial charge in [-0.3, -0.25) is 0 Å². The summed E-state index contributed by atoms with van der Waals surface area (Å²) in [5.41, 5.74) is 10.1. The second-order valence-corrected chi connectivity index (χ2v) is 5.94. The number of nitrogens with two attached hydrogens (primary N) is 1. The first-order chi connectivity index (χ1) is 9.38. The molecule has 1 aliphatic rings. The van der Waals surface area contributed by atoms with Crippen molar-refractivity contribution in [3.05, 3.63) is 52.2 Å². The molecule has 1 aliphatic heterocycles. The van der Waals surface area contributed by atoms with E-state index >= 15 is 0 Å². The summed E-state index contributed by atoms with van der Waals surface area (Å²) in [6.45, 7) is 3.01. The molecule has 0 aliphatic carbocycles. The molecule has 19 heavy (non-hydrogen) atoms. The van der Waals surface area contributed by atoms with E-state index in [1.165, 1.54) is 16.8 Å². The maximum Gasteiger partial charge on any atom is 0.0402 e. The topological polar surface area (TPSA) is 29.3 Å². The van der Waals surface area contributed by atoms with Gasteiger partial charge >= 0.3 is 0 Å². The molecule has 2 N–H and O–H groups in total. The molecule has 100 valence electrons. The van der Waals surface area contributed by atoms with Gasteiger partial charge in [0.25, 0.3) is 0 Å². The third-order valence-corrected chi connectivity index (χ3v) is 4.66. The van der Waals surface area contributed by atoms with Crippen molar-refractivity contribution in [1.29, 1.82) is 0 Å². The first-order valence-electron chi connectivity index (χ1n) is 6.93. The van der Waals surface area contributed by atoms with E-state index in [4.69, 9.17) is 5.73 Å². The summed E-state index contributed by atoms with van der Waals surface area (Å²) in [5.74, 6) is 0.615. The van der Waals surface area contributed by atoms with Gasteiger partial charge in [0.15, 0.2) is 0 Å². The van der Waals surface area contributed by atoms with Gasteiger partial charge in [0, 0.05) is 24.7 Å². The third kappa shape index (κ3) is 2.67. The van der Waals surface area contributed by atoms with Crippen molar-refractivity contribution in [1.82, 2.24) is 0 Å². The number of para-hydroxylation sites is 1. The van der Waals surface area contributed by atoms with Crippen molar-refractivity contribution in [2.24, 2.45) is 5.73 Å². The average Bonchev–Trinajstić information content (AvgIpc) is 3.06. The summed E-state index contributed by atoms with van der Waals surface area (Å²) in [5, 5.41) is 4.41. The van der Waals surface area contributed by atoms with Crippen molar-refractivity contribution < 1.29 is 0 Å². The van der Waals surface area contributed by atoms with Crippen LogP contribution in [0.15, 0.2) is 41.1 Å². The van der Waals surface area contributed by atoms with E-state index < -0.39 is 0 Å². The van der Waals surface area contributed by atoms with Gasteiger partial charge in [0.2, 0.25) is 0 Å². The van der Waals surface area contributed by atoms with E-state index in [9.17, 15) is 0 Å². The van der Waals surface area contributed by atoms with E-state index in [0.717, 1.165) is 32.5 Å². The molecule has 3 heteroatoms. The number of anilines is 1. The molecule has 0 bridgehead atoms. The molecule has 1 atom stereocenters. The molecule has 0 fully saturated rings. The fourth-order valence-corrected chi connectivity index (χ4v) is 3.65. The van der Waals surface area contributed by atoms with Gasteiger partial charge in [-0.15, -0.1) is 0 Å². The summed E-state index contributed by atoms with van der Waals surface area (Å²) >= 11 is 1.78. The molecule has 0 saturated heterocycles. The van der Waals surface area contributed by atoms with E-state index in [1.54, 1.807) is 11.3 Å². The number of rotatable bonds is 5. The van der Waals surface area contributed by atoms with Crippen LogP contribution in [0.3, 0.4) is 0 Å². The second kappa shape index (κ2) is 5.76. The van der Waals surface area contributed by atoms with Crippen LogP contribution in [0, 0.1) is 0 Å². The van der Waals surface area contributed by atoms with E-state index in [2.05, 4.69) is 46.0 Å². The first kappa shape index (κ1) is 12.7. The molecular formula is C16H20N2S. The van der Waals surface area contributed by atoms with Crippen molar-refractivity contribution >= 4 is 17.0 Å². The molecule has 1 aromatic heterocycles. The number of hydrogen-bond donors (Lipinski definition) is 1. The van der Waals surface area contributed by atoms with Gasteiger partial charge < -0.3 is 10.6 Å². The molecule has 1 unspecified atom stereocenters. The number of benzene rings is 1. The Kier molecular flexibility index (Phi) is 3.85. The van der Waals surface area contributed by atoms with Gasteiger partial charge in [0.05, 0.1) is 0 Å². The van der Waals surface area contributed by atoms with Crippen LogP contribution in [0.2, 0.25) is 0 Å².